The van der Waals surface area contributed by atoms with Crippen molar-refractivity contribution in [3.8, 4) is 0 Å². The summed E-state index contributed by atoms with van der Waals surface area (Å²) in [5.74, 6) is 0. The minimum atomic E-state index is -1.44. The van der Waals surface area contributed by atoms with Crippen molar-refractivity contribution in [3.05, 3.63) is 68.8 Å². The average Bonchev–Trinajstić information content (AvgIpc) is 2.84. The first-order valence-corrected chi connectivity index (χ1v) is 8.28. The Morgan fingerprint density at radius 3 is 2.52 bits per heavy atom. The van der Waals surface area contributed by atoms with Crippen molar-refractivity contribution in [2.45, 2.75) is 12.6 Å². The van der Waals surface area contributed by atoms with Crippen molar-refractivity contribution < 1.29 is 5.11 Å². The maximum absolute atomic E-state index is 10.4. The van der Waals surface area contributed by atoms with Crippen LogP contribution in [0.2, 0.25) is 5.02 Å². The van der Waals surface area contributed by atoms with Crippen LogP contribution in [0.1, 0.15) is 23.7 Å². The van der Waals surface area contributed by atoms with Gasteiger partial charge in [0.05, 0.1) is 0 Å². The molecular weight excluding hydrogens is 376 g/mol. The van der Waals surface area contributed by atoms with Crippen molar-refractivity contribution in [1.82, 2.24) is 4.98 Å². The molecule has 1 heterocycles. The molecule has 0 aliphatic rings. The van der Waals surface area contributed by atoms with Crippen molar-refractivity contribution in [1.29, 1.82) is 0 Å². The molecule has 1 atom stereocenters. The molecule has 0 bridgehead atoms. The number of nitrogens with one attached hydrogen (secondary N) is 1. The zero-order valence-electron chi connectivity index (χ0n) is 12.5. The Balaban J connectivity index is 2.10. The number of H-pyrrole nitrogens is 1. The fourth-order valence-electron chi connectivity index (χ4n) is 2.61. The number of rotatable bonds is 3. The van der Waals surface area contributed by atoms with Crippen LogP contribution in [0.15, 0.2) is 46.9 Å². The zero-order chi connectivity index (χ0) is 16.6. The second-order valence-corrected chi connectivity index (χ2v) is 6.99. The number of hydrogen-bond acceptors (Lipinski definition) is 2. The number of halogens is 2. The number of nitrogens with two attached hydrogens (primary N) is 1. The summed E-state index contributed by atoms with van der Waals surface area (Å²) in [4.78, 5) is 3.31. The molecule has 0 unspecified atom stereocenters. The summed E-state index contributed by atoms with van der Waals surface area (Å²) in [6.07, 6.45) is 3.86. The Kier molecular flexibility index (Phi) is 4.34. The Morgan fingerprint density at radius 1 is 1.17 bits per heavy atom. The van der Waals surface area contributed by atoms with Gasteiger partial charge in [-0.1, -0.05) is 51.8 Å². The second kappa shape index (κ2) is 6.13. The minimum Gasteiger partial charge on any atom is -0.372 e. The third-order valence-electron chi connectivity index (χ3n) is 3.61. The predicted octanol–water partition coefficient (Wildman–Crippen LogP) is 4.88. The molecule has 118 valence electrons. The summed E-state index contributed by atoms with van der Waals surface area (Å²) in [7, 11) is 0. The largest absolute Gasteiger partial charge is 0.372 e. The molecule has 0 saturated carbocycles. The minimum absolute atomic E-state index is 0.671. The number of aromatic nitrogens is 1. The third-order valence-corrected chi connectivity index (χ3v) is 4.35. The monoisotopic (exact) mass is 390 g/mol. The Labute approximate surface area is 147 Å². The van der Waals surface area contributed by atoms with E-state index in [0.717, 1.165) is 26.6 Å². The number of hydrogen-bond donors (Lipinski definition) is 3. The van der Waals surface area contributed by atoms with E-state index in [1.807, 2.05) is 54.6 Å². The molecule has 0 amide bonds. The van der Waals surface area contributed by atoms with E-state index in [-0.39, 0.29) is 0 Å². The average molecular weight is 392 g/mol. The summed E-state index contributed by atoms with van der Waals surface area (Å²) in [6.45, 7) is 1.58. The SMILES string of the molecule is C[C@@](N)(O)c1c(/C=C/c2ccc(Cl)cc2)[nH]c2cc(Br)ccc12. The molecule has 0 aliphatic carbocycles. The van der Waals surface area contributed by atoms with Crippen molar-refractivity contribution in [2.75, 3.05) is 0 Å². The lowest BCUT2D eigenvalue weighted by atomic mass is 10.0. The molecule has 3 nitrogen and oxygen atoms in total. The molecule has 0 spiro atoms. The number of aliphatic hydroxyl groups is 1. The fourth-order valence-corrected chi connectivity index (χ4v) is 3.10. The Hall–Kier alpha value is -1.59. The number of fused-ring (bicyclic) bond motifs is 1. The molecule has 4 N–H and O–H groups in total. The first-order chi connectivity index (χ1) is 10.8. The van der Waals surface area contributed by atoms with E-state index in [4.69, 9.17) is 17.3 Å². The predicted molar refractivity (Wildman–Crippen MR) is 100 cm³/mol. The molecule has 23 heavy (non-hydrogen) atoms. The molecular formula is C18H16BrClN2O. The highest BCUT2D eigenvalue weighted by atomic mass is 79.9. The smallest absolute Gasteiger partial charge is 0.139 e. The van der Waals surface area contributed by atoms with E-state index in [2.05, 4.69) is 20.9 Å². The van der Waals surface area contributed by atoms with Gasteiger partial charge in [-0.05, 0) is 42.8 Å². The first-order valence-electron chi connectivity index (χ1n) is 7.11. The summed E-state index contributed by atoms with van der Waals surface area (Å²) < 4.78 is 0.961. The van der Waals surface area contributed by atoms with E-state index in [9.17, 15) is 5.11 Å². The molecule has 0 fully saturated rings. The molecule has 5 heteroatoms. The van der Waals surface area contributed by atoms with E-state index in [1.54, 1.807) is 6.92 Å². The lowest BCUT2D eigenvalue weighted by Crippen LogP contribution is -2.32. The van der Waals surface area contributed by atoms with Crippen molar-refractivity contribution >= 4 is 50.6 Å². The van der Waals surface area contributed by atoms with E-state index >= 15 is 0 Å². The van der Waals surface area contributed by atoms with Crippen LogP contribution >= 0.6 is 27.5 Å². The topological polar surface area (TPSA) is 62.0 Å². The third kappa shape index (κ3) is 3.51. The van der Waals surface area contributed by atoms with E-state index < -0.39 is 5.72 Å². The Morgan fingerprint density at radius 2 is 1.87 bits per heavy atom. The van der Waals surface area contributed by atoms with Crippen LogP contribution in [0.3, 0.4) is 0 Å². The van der Waals surface area contributed by atoms with Gasteiger partial charge in [-0.2, -0.15) is 0 Å². The van der Waals surface area contributed by atoms with Gasteiger partial charge in [0.15, 0.2) is 0 Å². The molecule has 3 rings (SSSR count). The molecule has 1 aromatic heterocycles. The lowest BCUT2D eigenvalue weighted by molar-refractivity contribution is 0.0661. The van der Waals surface area contributed by atoms with Gasteiger partial charge in [0.1, 0.15) is 5.72 Å². The van der Waals surface area contributed by atoms with Gasteiger partial charge in [-0.15, -0.1) is 0 Å². The standard InChI is InChI=1S/C18H16BrClN2O/c1-18(21,23)17-14-8-5-12(19)10-16(14)22-15(17)9-4-11-2-6-13(20)7-3-11/h2-10,22-23H,21H2,1H3/b9-4+/t18-/m1/s1. The van der Waals surface area contributed by atoms with Crippen molar-refractivity contribution in [3.63, 3.8) is 0 Å². The highest BCUT2D eigenvalue weighted by Gasteiger charge is 2.24. The maximum atomic E-state index is 10.4. The summed E-state index contributed by atoms with van der Waals surface area (Å²) in [5, 5.41) is 12.0. The quantitative estimate of drug-likeness (QED) is 0.557. The zero-order valence-corrected chi connectivity index (χ0v) is 14.8. The summed E-state index contributed by atoms with van der Waals surface area (Å²) >= 11 is 9.35. The lowest BCUT2D eigenvalue weighted by Gasteiger charge is -2.18. The van der Waals surface area contributed by atoms with Gasteiger partial charge < -0.3 is 10.1 Å². The highest BCUT2D eigenvalue weighted by Crippen LogP contribution is 2.32. The van der Waals surface area contributed by atoms with Gasteiger partial charge in [0.2, 0.25) is 0 Å². The van der Waals surface area contributed by atoms with Gasteiger partial charge in [0, 0.05) is 31.7 Å². The number of benzene rings is 2. The van der Waals surface area contributed by atoms with Crippen molar-refractivity contribution in [2.24, 2.45) is 5.73 Å². The highest BCUT2D eigenvalue weighted by molar-refractivity contribution is 9.10. The van der Waals surface area contributed by atoms with Crippen LogP contribution in [0.5, 0.6) is 0 Å². The number of aromatic amines is 1. The van der Waals surface area contributed by atoms with Crippen LogP contribution < -0.4 is 5.73 Å². The van der Waals surface area contributed by atoms with E-state index in [1.165, 1.54) is 0 Å². The van der Waals surface area contributed by atoms with Crippen LogP contribution in [-0.4, -0.2) is 10.1 Å². The van der Waals surface area contributed by atoms with Crippen LogP contribution in [0.4, 0.5) is 0 Å². The Bertz CT molecular complexity index is 876. The van der Waals surface area contributed by atoms with Gasteiger partial charge >= 0.3 is 0 Å². The van der Waals surface area contributed by atoms with Crippen LogP contribution in [0.25, 0.3) is 23.1 Å². The van der Waals surface area contributed by atoms with Crippen LogP contribution in [0, 0.1) is 0 Å². The van der Waals surface area contributed by atoms with Gasteiger partial charge in [0.25, 0.3) is 0 Å². The normalized spacial score (nSPS) is 14.5. The van der Waals surface area contributed by atoms with E-state index in [0.29, 0.717) is 10.6 Å². The van der Waals surface area contributed by atoms with Gasteiger partial charge in [-0.3, -0.25) is 5.73 Å². The van der Waals surface area contributed by atoms with Gasteiger partial charge in [-0.25, -0.2) is 0 Å². The molecule has 0 saturated heterocycles. The second-order valence-electron chi connectivity index (χ2n) is 5.64. The molecule has 3 aromatic rings. The molecule has 0 radical (unpaired) electrons. The first kappa shape index (κ1) is 16.3. The maximum Gasteiger partial charge on any atom is 0.139 e. The molecule has 0 aliphatic heterocycles. The fraction of sp³-hybridized carbons (Fsp3) is 0.111. The molecule has 2 aromatic carbocycles. The summed E-state index contributed by atoms with van der Waals surface area (Å²) in [5.41, 5.74) is 7.90. The summed E-state index contributed by atoms with van der Waals surface area (Å²) in [6, 6.07) is 13.4. The van der Waals surface area contributed by atoms with Crippen LogP contribution in [-0.2, 0) is 5.72 Å².